The van der Waals surface area contributed by atoms with E-state index in [1.165, 1.54) is 0 Å². The van der Waals surface area contributed by atoms with Gasteiger partial charge in [-0.25, -0.2) is 4.79 Å². The van der Waals surface area contributed by atoms with Gasteiger partial charge in [-0.05, 0) is 43.7 Å². The molecule has 1 aromatic heterocycles. The Morgan fingerprint density at radius 1 is 1.23 bits per heavy atom. The SMILES string of the molecule is O=C(NC1CCC(CO)CC1)c1cc2ccccc2oc1=O. The molecule has 1 heterocycles. The Bertz CT molecular complexity index is 729. The Morgan fingerprint density at radius 3 is 2.68 bits per heavy atom. The van der Waals surface area contributed by atoms with E-state index in [0.717, 1.165) is 31.1 Å². The van der Waals surface area contributed by atoms with Crippen LogP contribution >= 0.6 is 0 Å². The summed E-state index contributed by atoms with van der Waals surface area (Å²) < 4.78 is 5.19. The quantitative estimate of drug-likeness (QED) is 0.851. The first-order valence-corrected chi connectivity index (χ1v) is 7.62. The normalized spacial score (nSPS) is 21.7. The number of hydrogen-bond acceptors (Lipinski definition) is 4. The fourth-order valence-corrected chi connectivity index (χ4v) is 2.97. The third-order valence-corrected chi connectivity index (χ3v) is 4.33. The summed E-state index contributed by atoms with van der Waals surface area (Å²) in [5.41, 5.74) is -0.0873. The minimum atomic E-state index is -0.611. The van der Waals surface area contributed by atoms with Gasteiger partial charge in [0.15, 0.2) is 0 Å². The van der Waals surface area contributed by atoms with Gasteiger partial charge < -0.3 is 14.8 Å². The molecule has 1 saturated carbocycles. The summed E-state index contributed by atoms with van der Waals surface area (Å²) in [6.07, 6.45) is 3.45. The maximum atomic E-state index is 12.3. The van der Waals surface area contributed by atoms with Gasteiger partial charge in [0.1, 0.15) is 11.1 Å². The first kappa shape index (κ1) is 14.8. The molecule has 1 aromatic carbocycles. The van der Waals surface area contributed by atoms with Crippen LogP contribution in [0.3, 0.4) is 0 Å². The summed E-state index contributed by atoms with van der Waals surface area (Å²) >= 11 is 0. The first-order valence-electron chi connectivity index (χ1n) is 7.62. The lowest BCUT2D eigenvalue weighted by molar-refractivity contribution is 0.0910. The number of benzene rings is 1. The molecule has 3 rings (SSSR count). The van der Waals surface area contributed by atoms with Gasteiger partial charge in [-0.2, -0.15) is 0 Å². The predicted octanol–water partition coefficient (Wildman–Crippen LogP) is 2.07. The summed E-state index contributed by atoms with van der Waals surface area (Å²) in [5, 5.41) is 12.8. The highest BCUT2D eigenvalue weighted by molar-refractivity contribution is 5.96. The van der Waals surface area contributed by atoms with E-state index < -0.39 is 5.63 Å². The zero-order valence-corrected chi connectivity index (χ0v) is 12.2. The second-order valence-corrected chi connectivity index (χ2v) is 5.86. The largest absolute Gasteiger partial charge is 0.422 e. The molecule has 1 aliphatic rings. The summed E-state index contributed by atoms with van der Waals surface area (Å²) in [4.78, 5) is 24.3. The lowest BCUT2D eigenvalue weighted by Crippen LogP contribution is -2.39. The highest BCUT2D eigenvalue weighted by atomic mass is 16.4. The number of para-hydroxylation sites is 1. The maximum Gasteiger partial charge on any atom is 0.349 e. The number of carbonyl (C=O) groups excluding carboxylic acids is 1. The molecule has 0 spiro atoms. The van der Waals surface area contributed by atoms with Crippen molar-refractivity contribution in [3.63, 3.8) is 0 Å². The molecular weight excluding hydrogens is 282 g/mol. The molecule has 2 N–H and O–H groups in total. The Labute approximate surface area is 127 Å². The molecule has 5 nitrogen and oxygen atoms in total. The highest BCUT2D eigenvalue weighted by Gasteiger charge is 2.23. The molecule has 1 fully saturated rings. The molecule has 0 bridgehead atoms. The molecule has 2 aromatic rings. The number of carbonyl (C=O) groups is 1. The molecule has 0 saturated heterocycles. The second-order valence-electron chi connectivity index (χ2n) is 5.86. The van der Waals surface area contributed by atoms with Crippen LogP contribution in [-0.2, 0) is 0 Å². The van der Waals surface area contributed by atoms with E-state index in [1.807, 2.05) is 12.1 Å². The smallest absolute Gasteiger partial charge is 0.349 e. The van der Waals surface area contributed by atoms with Crippen molar-refractivity contribution in [1.29, 1.82) is 0 Å². The van der Waals surface area contributed by atoms with E-state index >= 15 is 0 Å². The fraction of sp³-hybridized carbons (Fsp3) is 0.412. The van der Waals surface area contributed by atoms with Gasteiger partial charge in [-0.3, -0.25) is 4.79 Å². The number of nitrogens with one attached hydrogen (secondary N) is 1. The molecular formula is C17H19NO4. The van der Waals surface area contributed by atoms with Gasteiger partial charge in [0.2, 0.25) is 0 Å². The van der Waals surface area contributed by atoms with Gasteiger partial charge >= 0.3 is 5.63 Å². The molecule has 1 amide bonds. The average molecular weight is 301 g/mol. The summed E-state index contributed by atoms with van der Waals surface area (Å²) in [7, 11) is 0. The van der Waals surface area contributed by atoms with Gasteiger partial charge in [-0.15, -0.1) is 0 Å². The number of aliphatic hydroxyl groups is 1. The fourth-order valence-electron chi connectivity index (χ4n) is 2.97. The van der Waals surface area contributed by atoms with Crippen LogP contribution in [0.15, 0.2) is 39.5 Å². The highest BCUT2D eigenvalue weighted by Crippen LogP contribution is 2.24. The average Bonchev–Trinajstić information content (AvgIpc) is 2.54. The lowest BCUT2D eigenvalue weighted by Gasteiger charge is -2.27. The number of amides is 1. The standard InChI is InChI=1S/C17H19NO4/c19-10-11-5-7-13(8-6-11)18-16(20)14-9-12-3-1-2-4-15(12)22-17(14)21/h1-4,9,11,13,19H,5-8,10H2,(H,18,20). The minimum absolute atomic E-state index is 0.0444. The van der Waals surface area contributed by atoms with Crippen LogP contribution in [0.4, 0.5) is 0 Å². The molecule has 116 valence electrons. The van der Waals surface area contributed by atoms with Gasteiger partial charge in [0.05, 0.1) is 0 Å². The van der Waals surface area contributed by atoms with Gasteiger partial charge in [-0.1, -0.05) is 18.2 Å². The number of rotatable bonds is 3. The molecule has 0 aliphatic heterocycles. The van der Waals surface area contributed by atoms with Crippen molar-refractivity contribution in [1.82, 2.24) is 5.32 Å². The Morgan fingerprint density at radius 2 is 1.95 bits per heavy atom. The lowest BCUT2D eigenvalue weighted by atomic mass is 9.86. The zero-order valence-electron chi connectivity index (χ0n) is 12.2. The zero-order chi connectivity index (χ0) is 15.5. The molecule has 0 atom stereocenters. The number of aliphatic hydroxyl groups excluding tert-OH is 1. The minimum Gasteiger partial charge on any atom is -0.422 e. The van der Waals surface area contributed by atoms with Crippen molar-refractivity contribution in [2.75, 3.05) is 6.61 Å². The monoisotopic (exact) mass is 301 g/mol. The number of hydrogen-bond donors (Lipinski definition) is 2. The van der Waals surface area contributed by atoms with E-state index in [9.17, 15) is 9.59 Å². The van der Waals surface area contributed by atoms with Crippen molar-refractivity contribution in [2.45, 2.75) is 31.7 Å². The van der Waals surface area contributed by atoms with E-state index in [4.69, 9.17) is 9.52 Å². The van der Waals surface area contributed by atoms with E-state index in [-0.39, 0.29) is 24.1 Å². The summed E-state index contributed by atoms with van der Waals surface area (Å²) in [6, 6.07) is 8.76. The molecule has 1 aliphatic carbocycles. The van der Waals surface area contributed by atoms with Crippen molar-refractivity contribution in [2.24, 2.45) is 5.92 Å². The topological polar surface area (TPSA) is 79.5 Å². The first-order chi connectivity index (χ1) is 10.7. The molecule has 5 heteroatoms. The maximum absolute atomic E-state index is 12.3. The molecule has 22 heavy (non-hydrogen) atoms. The van der Waals surface area contributed by atoms with Crippen LogP contribution in [0.2, 0.25) is 0 Å². The van der Waals surface area contributed by atoms with Crippen molar-refractivity contribution < 1.29 is 14.3 Å². The second kappa shape index (κ2) is 6.32. The van der Waals surface area contributed by atoms with Crippen molar-refractivity contribution in [3.05, 3.63) is 46.3 Å². The summed E-state index contributed by atoms with van der Waals surface area (Å²) in [5.74, 6) is -0.0501. The van der Waals surface area contributed by atoms with E-state index in [2.05, 4.69) is 5.32 Å². The Balaban J connectivity index is 1.75. The third-order valence-electron chi connectivity index (χ3n) is 4.33. The van der Waals surface area contributed by atoms with Crippen molar-refractivity contribution in [3.8, 4) is 0 Å². The van der Waals surface area contributed by atoms with Gasteiger partial charge in [0, 0.05) is 18.0 Å². The van der Waals surface area contributed by atoms with E-state index in [0.29, 0.717) is 11.5 Å². The molecule has 0 radical (unpaired) electrons. The number of fused-ring (bicyclic) bond motifs is 1. The Hall–Kier alpha value is -2.14. The van der Waals surface area contributed by atoms with Crippen LogP contribution in [0, 0.1) is 5.92 Å². The van der Waals surface area contributed by atoms with Crippen LogP contribution in [0.25, 0.3) is 11.0 Å². The van der Waals surface area contributed by atoms with E-state index in [1.54, 1.807) is 18.2 Å². The van der Waals surface area contributed by atoms with Crippen LogP contribution < -0.4 is 10.9 Å². The third kappa shape index (κ3) is 3.04. The van der Waals surface area contributed by atoms with Gasteiger partial charge in [0.25, 0.3) is 5.91 Å². The molecule has 0 unspecified atom stereocenters. The van der Waals surface area contributed by atoms with Crippen LogP contribution in [0.1, 0.15) is 36.0 Å². The van der Waals surface area contributed by atoms with Crippen LogP contribution in [-0.4, -0.2) is 23.7 Å². The summed E-state index contributed by atoms with van der Waals surface area (Å²) in [6.45, 7) is 0.203. The van der Waals surface area contributed by atoms with Crippen molar-refractivity contribution >= 4 is 16.9 Å². The van der Waals surface area contributed by atoms with Crippen LogP contribution in [0.5, 0.6) is 0 Å². The predicted molar refractivity (Wildman–Crippen MR) is 82.8 cm³/mol. The Kier molecular flexibility index (Phi) is 4.24.